The number of methoxy groups -OCH3 is 1. The molecule has 2 aromatic carbocycles. The van der Waals surface area contributed by atoms with Crippen LogP contribution in [0.5, 0.6) is 5.75 Å². The third-order valence-corrected chi connectivity index (χ3v) is 7.45. The van der Waals surface area contributed by atoms with Gasteiger partial charge in [0.05, 0.1) is 28.8 Å². The zero-order chi connectivity index (χ0) is 22.0. The fraction of sp³-hybridized carbons (Fsp3) is 0.304. The maximum absolute atomic E-state index is 12.8. The third-order valence-electron chi connectivity index (χ3n) is 5.54. The maximum atomic E-state index is 12.8. The number of nitrogens with one attached hydrogen (secondary N) is 1. The Bertz CT molecular complexity index is 1220. The van der Waals surface area contributed by atoms with Gasteiger partial charge in [0.2, 0.25) is 10.0 Å². The standard InChI is InChI=1S/C23H25N3O4S/c1-16-21(14-18-13-19(30-2)7-10-22(18)25-16)23(27)24-15-17-5-8-20(9-6-17)31(28,29)26-11-3-4-12-26/h5-10,13-14H,3-4,11-12,15H2,1-2H3,(H,24,27). The van der Waals surface area contributed by atoms with E-state index >= 15 is 0 Å². The van der Waals surface area contributed by atoms with E-state index in [0.29, 0.717) is 36.6 Å². The molecule has 1 saturated heterocycles. The van der Waals surface area contributed by atoms with Crippen LogP contribution in [0.4, 0.5) is 0 Å². The number of ether oxygens (including phenoxy) is 1. The zero-order valence-electron chi connectivity index (χ0n) is 17.6. The van der Waals surface area contributed by atoms with Gasteiger partial charge in [0.15, 0.2) is 0 Å². The summed E-state index contributed by atoms with van der Waals surface area (Å²) in [5, 5.41) is 3.72. The lowest BCUT2D eigenvalue weighted by Crippen LogP contribution is -2.28. The Balaban J connectivity index is 1.46. The molecule has 0 atom stereocenters. The summed E-state index contributed by atoms with van der Waals surface area (Å²) in [7, 11) is -1.84. The smallest absolute Gasteiger partial charge is 0.253 e. The molecular formula is C23H25N3O4S. The third kappa shape index (κ3) is 4.40. The molecule has 1 amide bonds. The highest BCUT2D eigenvalue weighted by Gasteiger charge is 2.26. The van der Waals surface area contributed by atoms with Crippen LogP contribution in [-0.2, 0) is 16.6 Å². The summed E-state index contributed by atoms with van der Waals surface area (Å²) in [4.78, 5) is 17.6. The molecule has 2 heterocycles. The summed E-state index contributed by atoms with van der Waals surface area (Å²) >= 11 is 0. The fourth-order valence-corrected chi connectivity index (χ4v) is 5.26. The largest absolute Gasteiger partial charge is 0.497 e. The van der Waals surface area contributed by atoms with Crippen LogP contribution in [-0.4, -0.2) is 43.8 Å². The second kappa shape index (κ2) is 8.64. The van der Waals surface area contributed by atoms with Gasteiger partial charge in [-0.1, -0.05) is 12.1 Å². The molecule has 162 valence electrons. The van der Waals surface area contributed by atoms with Crippen LogP contribution in [0, 0.1) is 6.92 Å². The fourth-order valence-electron chi connectivity index (χ4n) is 3.74. The summed E-state index contributed by atoms with van der Waals surface area (Å²) in [5.41, 5.74) is 2.75. The van der Waals surface area contributed by atoms with E-state index in [1.165, 1.54) is 4.31 Å². The van der Waals surface area contributed by atoms with Crippen molar-refractivity contribution in [2.75, 3.05) is 20.2 Å². The normalized spacial score (nSPS) is 14.6. The molecule has 0 aliphatic carbocycles. The van der Waals surface area contributed by atoms with E-state index in [-0.39, 0.29) is 10.8 Å². The number of carbonyl (C=O) groups excluding carboxylic acids is 1. The number of aromatic nitrogens is 1. The molecule has 4 rings (SSSR count). The van der Waals surface area contributed by atoms with Gasteiger partial charge >= 0.3 is 0 Å². The average Bonchev–Trinajstić information content (AvgIpc) is 3.33. The molecule has 7 nitrogen and oxygen atoms in total. The first-order chi connectivity index (χ1) is 14.9. The predicted molar refractivity (Wildman–Crippen MR) is 119 cm³/mol. The van der Waals surface area contributed by atoms with Gasteiger partial charge in [0.25, 0.3) is 5.91 Å². The minimum atomic E-state index is -3.43. The average molecular weight is 440 g/mol. The minimum Gasteiger partial charge on any atom is -0.497 e. The van der Waals surface area contributed by atoms with Gasteiger partial charge in [0.1, 0.15) is 5.75 Å². The highest BCUT2D eigenvalue weighted by Crippen LogP contribution is 2.23. The van der Waals surface area contributed by atoms with Gasteiger partial charge in [-0.3, -0.25) is 9.78 Å². The Morgan fingerprint density at radius 1 is 1.10 bits per heavy atom. The predicted octanol–water partition coefficient (Wildman–Crippen LogP) is 3.27. The lowest BCUT2D eigenvalue weighted by Gasteiger charge is -2.15. The van der Waals surface area contributed by atoms with Crippen LogP contribution in [0.25, 0.3) is 10.9 Å². The molecule has 1 aliphatic heterocycles. The number of hydrogen-bond donors (Lipinski definition) is 1. The summed E-state index contributed by atoms with van der Waals surface area (Å²) in [6, 6.07) is 14.0. The maximum Gasteiger partial charge on any atom is 0.253 e. The number of fused-ring (bicyclic) bond motifs is 1. The molecule has 0 saturated carbocycles. The first kappa shape index (κ1) is 21.3. The number of hydrogen-bond acceptors (Lipinski definition) is 5. The van der Waals surface area contributed by atoms with Crippen LogP contribution < -0.4 is 10.1 Å². The summed E-state index contributed by atoms with van der Waals surface area (Å²) < 4.78 is 32.0. The Labute approximate surface area is 182 Å². The molecule has 0 unspecified atom stereocenters. The first-order valence-electron chi connectivity index (χ1n) is 10.2. The zero-order valence-corrected chi connectivity index (χ0v) is 18.4. The Hall–Kier alpha value is -2.97. The van der Waals surface area contributed by atoms with Crippen LogP contribution >= 0.6 is 0 Å². The number of nitrogens with zero attached hydrogens (tertiary/aromatic N) is 2. The quantitative estimate of drug-likeness (QED) is 0.637. The van der Waals surface area contributed by atoms with E-state index < -0.39 is 10.0 Å². The van der Waals surface area contributed by atoms with Gasteiger partial charge in [-0.15, -0.1) is 0 Å². The number of benzene rings is 2. The highest BCUT2D eigenvalue weighted by atomic mass is 32.2. The molecule has 3 aromatic rings. The molecule has 1 aromatic heterocycles. The first-order valence-corrected chi connectivity index (χ1v) is 11.7. The van der Waals surface area contributed by atoms with E-state index in [1.54, 1.807) is 44.4 Å². The summed E-state index contributed by atoms with van der Waals surface area (Å²) in [6.07, 6.45) is 1.80. The van der Waals surface area contributed by atoms with E-state index in [9.17, 15) is 13.2 Å². The topological polar surface area (TPSA) is 88.6 Å². The molecule has 1 fully saturated rings. The number of aryl methyl sites for hydroxylation is 1. The van der Waals surface area contributed by atoms with Crippen molar-refractivity contribution in [1.29, 1.82) is 0 Å². The van der Waals surface area contributed by atoms with Crippen molar-refractivity contribution in [3.8, 4) is 5.75 Å². The van der Waals surface area contributed by atoms with Gasteiger partial charge in [-0.05, 0) is 61.7 Å². The van der Waals surface area contributed by atoms with Crippen molar-refractivity contribution in [2.24, 2.45) is 0 Å². The molecular weight excluding hydrogens is 414 g/mol. The number of rotatable bonds is 6. The number of pyridine rings is 1. The number of amides is 1. The van der Waals surface area contributed by atoms with Gasteiger partial charge in [0, 0.05) is 25.0 Å². The summed E-state index contributed by atoms with van der Waals surface area (Å²) in [6.45, 7) is 3.24. The molecule has 1 aliphatic rings. The highest BCUT2D eigenvalue weighted by molar-refractivity contribution is 7.89. The molecule has 8 heteroatoms. The minimum absolute atomic E-state index is 0.233. The van der Waals surface area contributed by atoms with E-state index in [2.05, 4.69) is 10.3 Å². The van der Waals surface area contributed by atoms with Gasteiger partial charge < -0.3 is 10.1 Å². The molecule has 0 spiro atoms. The van der Waals surface area contributed by atoms with Crippen LogP contribution in [0.3, 0.4) is 0 Å². The molecule has 1 N–H and O–H groups in total. The lowest BCUT2D eigenvalue weighted by atomic mass is 10.1. The number of sulfonamides is 1. The van der Waals surface area contributed by atoms with Crippen molar-refractivity contribution in [3.63, 3.8) is 0 Å². The SMILES string of the molecule is COc1ccc2nc(C)c(C(=O)NCc3ccc(S(=O)(=O)N4CCCC4)cc3)cc2c1. The second-order valence-electron chi connectivity index (χ2n) is 7.62. The molecule has 31 heavy (non-hydrogen) atoms. The van der Waals surface area contributed by atoms with Gasteiger partial charge in [-0.2, -0.15) is 4.31 Å². The lowest BCUT2D eigenvalue weighted by molar-refractivity contribution is 0.0950. The Kier molecular flexibility index (Phi) is 5.93. The van der Waals surface area contributed by atoms with Crippen molar-refractivity contribution in [1.82, 2.24) is 14.6 Å². The van der Waals surface area contributed by atoms with Crippen molar-refractivity contribution >= 4 is 26.8 Å². The van der Waals surface area contributed by atoms with E-state index in [0.717, 1.165) is 29.3 Å². The second-order valence-corrected chi connectivity index (χ2v) is 9.56. The van der Waals surface area contributed by atoms with Crippen LogP contribution in [0.2, 0.25) is 0 Å². The van der Waals surface area contributed by atoms with E-state index in [4.69, 9.17) is 4.74 Å². The van der Waals surface area contributed by atoms with Crippen molar-refractivity contribution < 1.29 is 17.9 Å². The molecule has 0 radical (unpaired) electrons. The monoisotopic (exact) mass is 439 g/mol. The summed E-state index contributed by atoms with van der Waals surface area (Å²) in [5.74, 6) is 0.469. The van der Waals surface area contributed by atoms with Gasteiger partial charge in [-0.25, -0.2) is 8.42 Å². The van der Waals surface area contributed by atoms with Crippen LogP contribution in [0.15, 0.2) is 53.4 Å². The van der Waals surface area contributed by atoms with E-state index in [1.807, 2.05) is 18.2 Å². The van der Waals surface area contributed by atoms with Crippen molar-refractivity contribution in [3.05, 3.63) is 65.4 Å². The van der Waals surface area contributed by atoms with Crippen LogP contribution in [0.1, 0.15) is 34.5 Å². The molecule has 0 bridgehead atoms. The number of carbonyl (C=O) groups is 1. The van der Waals surface area contributed by atoms with Crippen molar-refractivity contribution in [2.45, 2.75) is 31.2 Å². The Morgan fingerprint density at radius 2 is 1.81 bits per heavy atom. The Morgan fingerprint density at radius 3 is 2.48 bits per heavy atom.